The number of benzene rings is 2. The minimum atomic E-state index is -0.157. The maximum absolute atomic E-state index is 13.0. The molecule has 160 valence electrons. The number of aromatic nitrogens is 3. The monoisotopic (exact) mass is 424 g/mol. The van der Waals surface area contributed by atoms with Crippen LogP contribution in [0.15, 0.2) is 71.5 Å². The first-order chi connectivity index (χ1) is 15.5. The molecule has 0 unspecified atom stereocenters. The van der Waals surface area contributed by atoms with Crippen molar-refractivity contribution < 1.29 is 4.74 Å². The van der Waals surface area contributed by atoms with E-state index in [9.17, 15) is 4.79 Å². The van der Waals surface area contributed by atoms with Crippen LogP contribution < -0.4 is 15.6 Å². The Morgan fingerprint density at radius 2 is 1.84 bits per heavy atom. The highest BCUT2D eigenvalue weighted by molar-refractivity contribution is 5.86. The number of imidazole rings is 1. The van der Waals surface area contributed by atoms with Gasteiger partial charge in [-0.25, -0.2) is 4.98 Å². The van der Waals surface area contributed by atoms with Gasteiger partial charge in [0, 0.05) is 17.8 Å². The van der Waals surface area contributed by atoms with E-state index >= 15 is 0 Å². The van der Waals surface area contributed by atoms with Crippen molar-refractivity contribution in [2.75, 3.05) is 12.4 Å². The molecule has 0 fully saturated rings. The molecule has 0 saturated heterocycles. The second-order valence-electron chi connectivity index (χ2n) is 7.97. The third kappa shape index (κ3) is 3.50. The third-order valence-corrected chi connectivity index (χ3v) is 5.71. The van der Waals surface area contributed by atoms with Crippen LogP contribution in [0, 0.1) is 13.8 Å². The number of H-pyrrole nitrogens is 1. The van der Waals surface area contributed by atoms with Gasteiger partial charge in [-0.2, -0.15) is 0 Å². The lowest BCUT2D eigenvalue weighted by molar-refractivity contribution is 0.414. The molecule has 0 atom stereocenters. The third-order valence-electron chi connectivity index (χ3n) is 5.71. The summed E-state index contributed by atoms with van der Waals surface area (Å²) in [6.45, 7) is 4.66. The second kappa shape index (κ2) is 7.89. The number of methoxy groups -OCH3 is 1. The van der Waals surface area contributed by atoms with E-state index in [1.165, 1.54) is 0 Å². The molecule has 3 heterocycles. The first-order valence-corrected chi connectivity index (χ1v) is 10.5. The number of fused-ring (bicyclic) bond motifs is 2. The van der Waals surface area contributed by atoms with Crippen LogP contribution in [0.3, 0.4) is 0 Å². The molecule has 2 N–H and O–H groups in total. The van der Waals surface area contributed by atoms with Crippen LogP contribution in [0.1, 0.15) is 16.8 Å². The normalized spacial score (nSPS) is 11.2. The van der Waals surface area contributed by atoms with Crippen molar-refractivity contribution in [2.24, 2.45) is 0 Å². The summed E-state index contributed by atoms with van der Waals surface area (Å²) in [4.78, 5) is 20.9. The fraction of sp³-hybridized carbons (Fsp3) is 0.154. The van der Waals surface area contributed by atoms with E-state index in [1.54, 1.807) is 7.11 Å². The van der Waals surface area contributed by atoms with Crippen LogP contribution in [0.2, 0.25) is 0 Å². The van der Waals surface area contributed by atoms with E-state index in [0.29, 0.717) is 17.8 Å². The molecule has 3 aromatic heterocycles. The highest BCUT2D eigenvalue weighted by Crippen LogP contribution is 2.30. The molecule has 0 aliphatic heterocycles. The Morgan fingerprint density at radius 1 is 1.03 bits per heavy atom. The molecule has 0 spiro atoms. The van der Waals surface area contributed by atoms with Crippen LogP contribution in [-0.2, 0) is 6.54 Å². The summed E-state index contributed by atoms with van der Waals surface area (Å²) in [7, 11) is 1.66. The summed E-state index contributed by atoms with van der Waals surface area (Å²) in [6, 6.07) is 21.8. The molecule has 0 saturated carbocycles. The molecule has 0 bridgehead atoms. The number of rotatable bonds is 5. The van der Waals surface area contributed by atoms with Gasteiger partial charge < -0.3 is 15.0 Å². The quantitative estimate of drug-likeness (QED) is 0.413. The lowest BCUT2D eigenvalue weighted by atomic mass is 10.1. The Bertz CT molecular complexity index is 1500. The summed E-state index contributed by atoms with van der Waals surface area (Å²) in [6.07, 6.45) is 0. The standard InChI is InChI=1S/C26H24N4O2/c1-16-7-12-22-19(13-16)14-21(26(31)28-22)24-25(30-17(2)5-4-6-23(30)29-24)27-15-18-8-10-20(32-3)11-9-18/h4-14,27H,15H2,1-3H3,(H,28,31). The SMILES string of the molecule is COc1ccc(CNc2c(-c3cc4cc(C)ccc4[nH]c3=O)nc3cccc(C)n23)cc1. The van der Waals surface area contributed by atoms with Crippen molar-refractivity contribution in [1.29, 1.82) is 0 Å². The van der Waals surface area contributed by atoms with Gasteiger partial charge in [-0.15, -0.1) is 0 Å². The van der Waals surface area contributed by atoms with Gasteiger partial charge in [0.15, 0.2) is 0 Å². The number of aryl methyl sites for hydroxylation is 2. The molecule has 0 aliphatic rings. The van der Waals surface area contributed by atoms with E-state index in [0.717, 1.165) is 44.9 Å². The average molecular weight is 425 g/mol. The molecular weight excluding hydrogens is 400 g/mol. The van der Waals surface area contributed by atoms with Gasteiger partial charge >= 0.3 is 0 Å². The fourth-order valence-electron chi connectivity index (χ4n) is 4.04. The van der Waals surface area contributed by atoms with Crippen LogP contribution >= 0.6 is 0 Å². The van der Waals surface area contributed by atoms with Gasteiger partial charge in [0.05, 0.1) is 12.7 Å². The van der Waals surface area contributed by atoms with E-state index in [1.807, 2.05) is 74.5 Å². The van der Waals surface area contributed by atoms with E-state index in [4.69, 9.17) is 9.72 Å². The number of ether oxygens (including phenoxy) is 1. The number of nitrogens with one attached hydrogen (secondary N) is 2. The van der Waals surface area contributed by atoms with Crippen LogP contribution in [-0.4, -0.2) is 21.5 Å². The first kappa shape index (κ1) is 19.9. The second-order valence-corrected chi connectivity index (χ2v) is 7.97. The molecule has 32 heavy (non-hydrogen) atoms. The lowest BCUT2D eigenvalue weighted by Crippen LogP contribution is -2.11. The number of anilines is 1. The summed E-state index contributed by atoms with van der Waals surface area (Å²) in [5.41, 5.74) is 5.91. The number of pyridine rings is 2. The Balaban J connectivity index is 1.64. The maximum atomic E-state index is 13.0. The summed E-state index contributed by atoms with van der Waals surface area (Å²) in [5, 5.41) is 4.50. The smallest absolute Gasteiger partial charge is 0.258 e. The van der Waals surface area contributed by atoms with Crippen LogP contribution in [0.5, 0.6) is 5.75 Å². The van der Waals surface area contributed by atoms with Crippen molar-refractivity contribution in [1.82, 2.24) is 14.4 Å². The molecule has 6 nitrogen and oxygen atoms in total. The Labute approximate surface area is 185 Å². The zero-order chi connectivity index (χ0) is 22.2. The molecule has 5 rings (SSSR count). The molecule has 0 amide bonds. The van der Waals surface area contributed by atoms with Crippen molar-refractivity contribution >= 4 is 22.4 Å². The molecule has 0 aliphatic carbocycles. The van der Waals surface area contributed by atoms with E-state index in [-0.39, 0.29) is 5.56 Å². The van der Waals surface area contributed by atoms with Gasteiger partial charge in [0.2, 0.25) is 0 Å². The lowest BCUT2D eigenvalue weighted by Gasteiger charge is -2.11. The first-order valence-electron chi connectivity index (χ1n) is 10.5. The average Bonchev–Trinajstić information content (AvgIpc) is 3.17. The Hall–Kier alpha value is -4.06. The molecule has 0 radical (unpaired) electrons. The summed E-state index contributed by atoms with van der Waals surface area (Å²) in [5.74, 6) is 1.62. The minimum absolute atomic E-state index is 0.157. The van der Waals surface area contributed by atoms with Gasteiger partial charge in [-0.1, -0.05) is 29.8 Å². The van der Waals surface area contributed by atoms with E-state index < -0.39 is 0 Å². The zero-order valence-corrected chi connectivity index (χ0v) is 18.3. The largest absolute Gasteiger partial charge is 0.497 e. The molecular formula is C26H24N4O2. The topological polar surface area (TPSA) is 71.4 Å². The van der Waals surface area contributed by atoms with Crippen molar-refractivity contribution in [3.8, 4) is 17.0 Å². The predicted molar refractivity (Wildman–Crippen MR) is 129 cm³/mol. The highest BCUT2D eigenvalue weighted by Gasteiger charge is 2.18. The number of hydrogen-bond donors (Lipinski definition) is 2. The number of aromatic amines is 1. The van der Waals surface area contributed by atoms with Gasteiger partial charge in [0.25, 0.3) is 5.56 Å². The molecule has 2 aromatic carbocycles. The highest BCUT2D eigenvalue weighted by atomic mass is 16.5. The molecule has 5 aromatic rings. The Morgan fingerprint density at radius 3 is 2.62 bits per heavy atom. The van der Waals surface area contributed by atoms with E-state index in [2.05, 4.69) is 20.8 Å². The van der Waals surface area contributed by atoms with Crippen LogP contribution in [0.25, 0.3) is 27.8 Å². The zero-order valence-electron chi connectivity index (χ0n) is 18.3. The van der Waals surface area contributed by atoms with Crippen molar-refractivity contribution in [3.05, 3.63) is 93.9 Å². The minimum Gasteiger partial charge on any atom is -0.497 e. The summed E-state index contributed by atoms with van der Waals surface area (Å²) < 4.78 is 7.31. The van der Waals surface area contributed by atoms with Crippen molar-refractivity contribution in [3.63, 3.8) is 0 Å². The van der Waals surface area contributed by atoms with Crippen molar-refractivity contribution in [2.45, 2.75) is 20.4 Å². The van der Waals surface area contributed by atoms with Crippen LogP contribution in [0.4, 0.5) is 5.82 Å². The summed E-state index contributed by atoms with van der Waals surface area (Å²) >= 11 is 0. The number of nitrogens with zero attached hydrogens (tertiary/aromatic N) is 2. The molecule has 6 heteroatoms. The fourth-order valence-corrected chi connectivity index (χ4v) is 4.04. The van der Waals surface area contributed by atoms with Gasteiger partial charge in [0.1, 0.15) is 22.9 Å². The maximum Gasteiger partial charge on any atom is 0.258 e. The van der Waals surface area contributed by atoms with Gasteiger partial charge in [-0.3, -0.25) is 9.20 Å². The van der Waals surface area contributed by atoms with Gasteiger partial charge in [-0.05, 0) is 67.3 Å². The Kier molecular flexibility index (Phi) is 4.90. The number of hydrogen-bond acceptors (Lipinski definition) is 4. The predicted octanol–water partition coefficient (Wildman–Crippen LogP) is 5.08.